The van der Waals surface area contributed by atoms with E-state index >= 15 is 0 Å². The van der Waals surface area contributed by atoms with Gasteiger partial charge >= 0.3 is 11.9 Å². The van der Waals surface area contributed by atoms with Crippen LogP contribution in [0.2, 0.25) is 0 Å². The number of ether oxygens (including phenoxy) is 2. The second-order valence-corrected chi connectivity index (χ2v) is 11.0. The number of hydrogen-bond acceptors (Lipinski definition) is 6. The minimum atomic E-state index is -0.494. The Labute approximate surface area is 164 Å². The number of hydrogen-bond donors (Lipinski definition) is 2. The predicted molar refractivity (Wildman–Crippen MR) is 105 cm³/mol. The molecule has 0 saturated carbocycles. The highest BCUT2D eigenvalue weighted by Gasteiger charge is 2.41. The molecule has 0 unspecified atom stereocenters. The van der Waals surface area contributed by atoms with E-state index in [-0.39, 0.29) is 40.8 Å². The molecule has 6 heteroatoms. The first kappa shape index (κ1) is 22.2. The van der Waals surface area contributed by atoms with Crippen molar-refractivity contribution in [3.63, 3.8) is 0 Å². The molecule has 0 aliphatic carbocycles. The third-order valence-corrected chi connectivity index (χ3v) is 5.19. The largest absolute Gasteiger partial charge is 0.462 e. The lowest BCUT2D eigenvalue weighted by molar-refractivity contribution is -0.164. The van der Waals surface area contributed by atoms with Crippen LogP contribution in [0, 0.1) is 0 Å². The van der Waals surface area contributed by atoms with Crippen molar-refractivity contribution in [1.29, 1.82) is 0 Å². The summed E-state index contributed by atoms with van der Waals surface area (Å²) in [6, 6.07) is 0. The summed E-state index contributed by atoms with van der Waals surface area (Å²) >= 11 is 0. The van der Waals surface area contributed by atoms with Gasteiger partial charge in [-0.25, -0.2) is 0 Å². The van der Waals surface area contributed by atoms with Crippen LogP contribution >= 0.6 is 0 Å². The first-order valence-corrected chi connectivity index (χ1v) is 10.0. The second-order valence-electron chi connectivity index (χ2n) is 11.0. The van der Waals surface area contributed by atoms with Gasteiger partial charge in [-0.3, -0.25) is 9.59 Å². The number of carbonyl (C=O) groups is 2. The quantitative estimate of drug-likeness (QED) is 0.575. The molecule has 6 nitrogen and oxygen atoms in total. The van der Waals surface area contributed by atoms with Gasteiger partial charge in [0.2, 0.25) is 0 Å². The van der Waals surface area contributed by atoms with Crippen molar-refractivity contribution < 1.29 is 19.1 Å². The van der Waals surface area contributed by atoms with Crippen LogP contribution in [0.3, 0.4) is 0 Å². The van der Waals surface area contributed by atoms with E-state index < -0.39 is 11.9 Å². The molecule has 2 aliphatic heterocycles. The standard InChI is InChI=1S/C21H38N2O4/c1-18(2)10-14(11-19(3,4)22-18)26-16(24)9-17(25)27-15-12-20(5,6)23-21(7,8)13-15/h14-15,22-23H,9-13H2,1-8H3. The highest BCUT2D eigenvalue weighted by molar-refractivity contribution is 5.91. The third kappa shape index (κ3) is 7.07. The van der Waals surface area contributed by atoms with Gasteiger partial charge in [0.15, 0.2) is 0 Å². The van der Waals surface area contributed by atoms with Gasteiger partial charge in [-0.1, -0.05) is 0 Å². The average Bonchev–Trinajstić information content (AvgIpc) is 2.28. The van der Waals surface area contributed by atoms with Crippen LogP contribution in [0.5, 0.6) is 0 Å². The van der Waals surface area contributed by atoms with Gasteiger partial charge in [0.05, 0.1) is 0 Å². The van der Waals surface area contributed by atoms with Crippen molar-refractivity contribution >= 4 is 11.9 Å². The molecule has 0 aromatic carbocycles. The van der Waals surface area contributed by atoms with Crippen molar-refractivity contribution in [3.8, 4) is 0 Å². The Morgan fingerprint density at radius 3 is 1.19 bits per heavy atom. The first-order chi connectivity index (χ1) is 12.1. The van der Waals surface area contributed by atoms with Crippen LogP contribution < -0.4 is 10.6 Å². The number of nitrogens with one attached hydrogen (secondary N) is 2. The minimum absolute atomic E-state index is 0.112. The first-order valence-electron chi connectivity index (χ1n) is 10.0. The van der Waals surface area contributed by atoms with Crippen LogP contribution in [0.25, 0.3) is 0 Å². The summed E-state index contributed by atoms with van der Waals surface area (Å²) in [7, 11) is 0. The molecule has 0 bridgehead atoms. The van der Waals surface area contributed by atoms with Gasteiger partial charge in [0, 0.05) is 47.8 Å². The van der Waals surface area contributed by atoms with Gasteiger partial charge in [0.25, 0.3) is 0 Å². The van der Waals surface area contributed by atoms with E-state index in [2.05, 4.69) is 66.0 Å². The zero-order chi connectivity index (χ0) is 20.7. The molecular formula is C21H38N2O4. The Morgan fingerprint density at radius 2 is 0.926 bits per heavy atom. The molecule has 156 valence electrons. The Morgan fingerprint density at radius 1 is 0.667 bits per heavy atom. The van der Waals surface area contributed by atoms with E-state index in [0.717, 1.165) is 25.7 Å². The van der Waals surface area contributed by atoms with Crippen molar-refractivity contribution in [2.75, 3.05) is 0 Å². The van der Waals surface area contributed by atoms with Gasteiger partial charge in [-0.05, 0) is 55.4 Å². The summed E-state index contributed by atoms with van der Waals surface area (Å²) in [5.74, 6) is -0.989. The molecule has 27 heavy (non-hydrogen) atoms. The minimum Gasteiger partial charge on any atom is -0.462 e. The molecule has 0 atom stereocenters. The summed E-state index contributed by atoms with van der Waals surface area (Å²) in [5.41, 5.74) is -0.447. The molecule has 2 N–H and O–H groups in total. The lowest BCUT2D eigenvalue weighted by Crippen LogP contribution is -2.60. The molecule has 2 fully saturated rings. The molecule has 0 radical (unpaired) electrons. The monoisotopic (exact) mass is 382 g/mol. The smallest absolute Gasteiger partial charge is 0.317 e. The Kier molecular flexibility index (Phi) is 6.04. The van der Waals surface area contributed by atoms with Crippen molar-refractivity contribution in [2.45, 2.75) is 122 Å². The van der Waals surface area contributed by atoms with Crippen LogP contribution in [0.4, 0.5) is 0 Å². The number of carbonyl (C=O) groups excluding carboxylic acids is 2. The summed E-state index contributed by atoms with van der Waals surface area (Å²) in [5, 5.41) is 7.11. The molecule has 0 aromatic rings. The summed E-state index contributed by atoms with van der Waals surface area (Å²) < 4.78 is 11.2. The fourth-order valence-corrected chi connectivity index (χ4v) is 5.20. The van der Waals surface area contributed by atoms with E-state index in [1.807, 2.05) is 0 Å². The zero-order valence-corrected chi connectivity index (χ0v) is 18.3. The fraction of sp³-hybridized carbons (Fsp3) is 0.905. The van der Waals surface area contributed by atoms with Crippen molar-refractivity contribution in [3.05, 3.63) is 0 Å². The predicted octanol–water partition coefficient (Wildman–Crippen LogP) is 3.08. The van der Waals surface area contributed by atoms with Crippen molar-refractivity contribution in [2.24, 2.45) is 0 Å². The van der Waals surface area contributed by atoms with E-state index in [0.29, 0.717) is 0 Å². The third-order valence-electron chi connectivity index (χ3n) is 5.19. The Bertz CT molecular complexity index is 499. The highest BCUT2D eigenvalue weighted by atomic mass is 16.6. The molecular weight excluding hydrogens is 344 g/mol. The maximum atomic E-state index is 12.3. The molecule has 0 amide bonds. The van der Waals surface area contributed by atoms with E-state index in [4.69, 9.17) is 9.47 Å². The van der Waals surface area contributed by atoms with Gasteiger partial charge in [-0.2, -0.15) is 0 Å². The summed E-state index contributed by atoms with van der Waals surface area (Å²) in [4.78, 5) is 24.6. The molecule has 2 heterocycles. The van der Waals surface area contributed by atoms with Crippen molar-refractivity contribution in [1.82, 2.24) is 10.6 Å². The number of esters is 2. The molecule has 0 aromatic heterocycles. The Balaban J connectivity index is 1.86. The summed E-state index contributed by atoms with van der Waals surface area (Å²) in [6.45, 7) is 16.8. The lowest BCUT2D eigenvalue weighted by atomic mass is 9.81. The topological polar surface area (TPSA) is 76.7 Å². The zero-order valence-electron chi connectivity index (χ0n) is 18.3. The maximum Gasteiger partial charge on any atom is 0.317 e. The molecule has 0 spiro atoms. The SMILES string of the molecule is CC1(C)CC(OC(=O)CC(=O)OC2CC(C)(C)NC(C)(C)C2)CC(C)(C)N1. The van der Waals surface area contributed by atoms with Crippen LogP contribution in [-0.4, -0.2) is 46.3 Å². The van der Waals surface area contributed by atoms with Crippen LogP contribution in [0.15, 0.2) is 0 Å². The molecule has 2 aliphatic rings. The molecule has 2 saturated heterocycles. The van der Waals surface area contributed by atoms with E-state index in [9.17, 15) is 9.59 Å². The second kappa shape index (κ2) is 7.36. The normalized spacial score (nSPS) is 27.0. The number of piperidine rings is 2. The summed E-state index contributed by atoms with van der Waals surface area (Å²) in [6.07, 6.45) is 2.22. The Hall–Kier alpha value is -1.14. The van der Waals surface area contributed by atoms with Crippen LogP contribution in [-0.2, 0) is 19.1 Å². The van der Waals surface area contributed by atoms with Gasteiger partial charge in [-0.15, -0.1) is 0 Å². The van der Waals surface area contributed by atoms with Crippen LogP contribution in [0.1, 0.15) is 87.5 Å². The van der Waals surface area contributed by atoms with Gasteiger partial charge < -0.3 is 20.1 Å². The highest BCUT2D eigenvalue weighted by Crippen LogP contribution is 2.32. The van der Waals surface area contributed by atoms with Gasteiger partial charge in [0.1, 0.15) is 18.6 Å². The molecule has 2 rings (SSSR count). The average molecular weight is 383 g/mol. The number of rotatable bonds is 4. The fourth-order valence-electron chi connectivity index (χ4n) is 5.20. The van der Waals surface area contributed by atoms with E-state index in [1.54, 1.807) is 0 Å². The van der Waals surface area contributed by atoms with E-state index in [1.165, 1.54) is 0 Å². The maximum absolute atomic E-state index is 12.3. The lowest BCUT2D eigenvalue weighted by Gasteiger charge is -2.46.